The minimum absolute atomic E-state index is 0. The van der Waals surface area contributed by atoms with Gasteiger partial charge in [0.2, 0.25) is 0 Å². The molecule has 5 heterocycles. The number of thiophene rings is 1. The fourth-order valence-electron chi connectivity index (χ4n) is 6.91. The summed E-state index contributed by atoms with van der Waals surface area (Å²) in [6.45, 7) is 0. The molecule has 0 aliphatic rings. The quantitative estimate of drug-likeness (QED) is 0.132. The monoisotopic (exact) mass is 791 g/mol. The van der Waals surface area contributed by atoms with Gasteiger partial charge in [-0.1, -0.05) is 70.6 Å². The first kappa shape index (κ1) is 27.4. The molecule has 0 spiro atoms. The van der Waals surface area contributed by atoms with Crippen LogP contribution in [0.1, 0.15) is 17.3 Å². The van der Waals surface area contributed by atoms with Crippen molar-refractivity contribution in [2.75, 3.05) is 0 Å². The van der Waals surface area contributed by atoms with E-state index in [4.69, 9.17) is 4.98 Å². The summed E-state index contributed by atoms with van der Waals surface area (Å²) in [4.78, 5) is 9.42. The third-order valence-electron chi connectivity index (χ3n) is 8.91. The average molecular weight is 792 g/mol. The van der Waals surface area contributed by atoms with Crippen LogP contribution >= 0.6 is 11.3 Å². The zero-order chi connectivity index (χ0) is 29.6. The number of aromatic nitrogens is 4. The smallest absolute Gasteiger partial charge is 0.340 e. The average Bonchev–Trinajstić information content (AvgIpc) is 3.82. The fourth-order valence-corrected chi connectivity index (χ4v) is 8.15. The molecule has 0 aliphatic carbocycles. The Kier molecular flexibility index (Phi) is 6.15. The van der Waals surface area contributed by atoms with Crippen LogP contribution < -0.4 is 0 Å². The molecule has 10 rings (SSSR count). The molecule has 0 amide bonds. The van der Waals surface area contributed by atoms with Crippen LogP contribution in [0.3, 0.4) is 0 Å². The summed E-state index contributed by atoms with van der Waals surface area (Å²) in [5, 5.41) is 7.49. The molecule has 0 bridgehead atoms. The van der Waals surface area contributed by atoms with Crippen molar-refractivity contribution >= 4 is 80.8 Å². The maximum Gasteiger partial charge on any atom is 2.00 e. The Bertz CT molecular complexity index is 2810. The molecule has 1 atom stereocenters. The normalized spacial score (nSPS) is 12.6. The molecule has 0 saturated carbocycles. The van der Waals surface area contributed by atoms with E-state index in [1.54, 1.807) is 23.6 Å². The number of alkyl halides is 1. The van der Waals surface area contributed by atoms with E-state index in [0.29, 0.717) is 11.1 Å². The van der Waals surface area contributed by atoms with E-state index in [1.165, 1.54) is 20.2 Å². The Labute approximate surface area is 280 Å². The molecule has 7 heteroatoms. The van der Waals surface area contributed by atoms with Crippen molar-refractivity contribution in [3.05, 3.63) is 145 Å². The van der Waals surface area contributed by atoms with Gasteiger partial charge in [0.15, 0.2) is 0 Å². The number of imidazole rings is 1. The van der Waals surface area contributed by atoms with Crippen LogP contribution in [0.15, 0.2) is 122 Å². The summed E-state index contributed by atoms with van der Waals surface area (Å²) >= 11 is 1.78. The van der Waals surface area contributed by atoms with Gasteiger partial charge in [-0.05, 0) is 29.7 Å². The van der Waals surface area contributed by atoms with E-state index in [2.05, 4.69) is 76.3 Å². The first-order valence-corrected chi connectivity index (χ1v) is 15.6. The first-order chi connectivity index (χ1) is 22.2. The van der Waals surface area contributed by atoms with Crippen LogP contribution in [0.2, 0.25) is 0 Å². The predicted molar refractivity (Wildman–Crippen MR) is 182 cm³/mol. The standard InChI is InChI=1S/C39H21FN4S.Pt/c40-35(24-14-15-26-27-9-1-3-12-33(27)43-20-19-42-38(43)32(26)22-24)23-7-5-8-25(21-23)44-36-29(31-11-6-18-41-39(31)44)16-17-30-28-10-2-4-13-34(28)45-37(30)36;/h1-20,35H;/q-2;+2. The molecule has 0 N–H and O–H groups in total. The molecule has 0 saturated heterocycles. The minimum Gasteiger partial charge on any atom is -0.340 e. The Hall–Kier alpha value is -4.90. The number of rotatable bonds is 3. The van der Waals surface area contributed by atoms with Gasteiger partial charge in [0, 0.05) is 50.4 Å². The molecule has 46 heavy (non-hydrogen) atoms. The van der Waals surface area contributed by atoms with Crippen LogP contribution in [0, 0.1) is 12.1 Å². The number of fused-ring (bicyclic) bond motifs is 13. The zero-order valence-corrected chi connectivity index (χ0v) is 27.1. The Morgan fingerprint density at radius 1 is 0.630 bits per heavy atom. The maximum atomic E-state index is 16.6. The Morgan fingerprint density at radius 3 is 2.33 bits per heavy atom. The number of para-hydroxylation sites is 1. The summed E-state index contributed by atoms with van der Waals surface area (Å²) in [6.07, 6.45) is 4.10. The van der Waals surface area contributed by atoms with E-state index in [9.17, 15) is 0 Å². The SMILES string of the molecule is FC(c1[c-]c(-n2c3ncccc3c3ccc4c5ccccc5sc4c32)ccc1)c1[c-]c2c(cc1)c1ccccc1n1ccnc21.[Pt+2]. The van der Waals surface area contributed by atoms with Crippen LogP contribution in [0.25, 0.3) is 75.1 Å². The predicted octanol–water partition coefficient (Wildman–Crippen LogP) is 10.2. The second kappa shape index (κ2) is 10.3. The molecular formula is C39H21FN4PtS. The van der Waals surface area contributed by atoms with Gasteiger partial charge in [-0.2, -0.15) is 18.2 Å². The largest absolute Gasteiger partial charge is 2.00 e. The van der Waals surface area contributed by atoms with Gasteiger partial charge >= 0.3 is 21.1 Å². The summed E-state index contributed by atoms with van der Waals surface area (Å²) in [5.41, 5.74) is 5.36. The second-order valence-electron chi connectivity index (χ2n) is 11.3. The van der Waals surface area contributed by atoms with E-state index in [0.717, 1.165) is 54.9 Å². The number of benzene rings is 5. The van der Waals surface area contributed by atoms with Crippen molar-refractivity contribution in [2.24, 2.45) is 0 Å². The van der Waals surface area contributed by atoms with E-state index in [-0.39, 0.29) is 21.1 Å². The molecule has 220 valence electrons. The summed E-state index contributed by atoms with van der Waals surface area (Å²) in [7, 11) is 0. The molecule has 4 nitrogen and oxygen atoms in total. The molecule has 0 fully saturated rings. The Morgan fingerprint density at radius 2 is 1.39 bits per heavy atom. The van der Waals surface area contributed by atoms with Gasteiger partial charge in [-0.25, -0.2) is 9.37 Å². The number of pyridine rings is 2. The van der Waals surface area contributed by atoms with Gasteiger partial charge in [0.05, 0.1) is 15.9 Å². The van der Waals surface area contributed by atoms with Crippen molar-refractivity contribution < 1.29 is 25.5 Å². The second-order valence-corrected chi connectivity index (χ2v) is 12.4. The summed E-state index contributed by atoms with van der Waals surface area (Å²) < 4.78 is 23.2. The third kappa shape index (κ3) is 3.81. The van der Waals surface area contributed by atoms with Gasteiger partial charge in [-0.15, -0.1) is 41.2 Å². The maximum absolute atomic E-state index is 16.6. The number of hydrogen-bond donors (Lipinski definition) is 0. The molecule has 5 aromatic carbocycles. The van der Waals surface area contributed by atoms with E-state index in [1.807, 2.05) is 59.3 Å². The van der Waals surface area contributed by atoms with E-state index < -0.39 is 6.17 Å². The van der Waals surface area contributed by atoms with Gasteiger partial charge < -0.3 is 8.97 Å². The zero-order valence-electron chi connectivity index (χ0n) is 24.0. The molecule has 0 aliphatic heterocycles. The first-order valence-electron chi connectivity index (χ1n) is 14.8. The van der Waals surface area contributed by atoms with Gasteiger partial charge in [-0.3, -0.25) is 4.98 Å². The third-order valence-corrected chi connectivity index (χ3v) is 10.1. The van der Waals surface area contributed by atoms with Crippen LogP contribution in [0.4, 0.5) is 4.39 Å². The van der Waals surface area contributed by atoms with Crippen molar-refractivity contribution in [1.82, 2.24) is 18.9 Å². The number of hydrogen-bond acceptors (Lipinski definition) is 3. The van der Waals surface area contributed by atoms with Crippen molar-refractivity contribution in [2.45, 2.75) is 6.17 Å². The van der Waals surface area contributed by atoms with Crippen LogP contribution in [-0.2, 0) is 21.1 Å². The van der Waals surface area contributed by atoms with E-state index >= 15 is 4.39 Å². The van der Waals surface area contributed by atoms with Crippen LogP contribution in [-0.4, -0.2) is 18.9 Å². The summed E-state index contributed by atoms with van der Waals surface area (Å²) in [5.74, 6) is 0. The molecule has 0 radical (unpaired) electrons. The van der Waals surface area contributed by atoms with Crippen LogP contribution in [0.5, 0.6) is 0 Å². The fraction of sp³-hybridized carbons (Fsp3) is 0.0256. The minimum atomic E-state index is -1.43. The summed E-state index contributed by atoms with van der Waals surface area (Å²) in [6, 6.07) is 41.5. The van der Waals surface area contributed by atoms with Crippen molar-refractivity contribution in [3.63, 3.8) is 0 Å². The molecular weight excluding hydrogens is 771 g/mol. The Balaban J connectivity index is 0.00000292. The topological polar surface area (TPSA) is 35.1 Å². The number of nitrogens with zero attached hydrogens (tertiary/aromatic N) is 4. The molecule has 1 unspecified atom stereocenters. The number of halogens is 1. The van der Waals surface area contributed by atoms with Gasteiger partial charge in [0.25, 0.3) is 0 Å². The molecule has 5 aromatic heterocycles. The molecule has 10 aromatic rings. The van der Waals surface area contributed by atoms with Crippen molar-refractivity contribution in [1.29, 1.82) is 0 Å². The van der Waals surface area contributed by atoms with Crippen molar-refractivity contribution in [3.8, 4) is 5.69 Å². The van der Waals surface area contributed by atoms with Gasteiger partial charge in [0.1, 0.15) is 11.8 Å².